The van der Waals surface area contributed by atoms with E-state index in [1.54, 1.807) is 0 Å². The van der Waals surface area contributed by atoms with E-state index in [-0.39, 0.29) is 11.3 Å². The molecule has 0 spiro atoms. The summed E-state index contributed by atoms with van der Waals surface area (Å²) in [6.45, 7) is 1.33. The molecule has 14 heavy (non-hydrogen) atoms. The number of carbonyl (C=O) groups is 1. The van der Waals surface area contributed by atoms with Crippen LogP contribution in [0.15, 0.2) is 18.2 Å². The Balaban J connectivity index is 3.13. The second-order valence-corrected chi connectivity index (χ2v) is 3.03. The van der Waals surface area contributed by atoms with Crippen LogP contribution in [0.5, 0.6) is 0 Å². The normalized spacial score (nSPS) is 9.07. The zero-order chi connectivity index (χ0) is 10.6. The van der Waals surface area contributed by atoms with Crippen molar-refractivity contribution in [2.45, 2.75) is 6.92 Å². The van der Waals surface area contributed by atoms with Crippen LogP contribution in [-0.4, -0.2) is 11.5 Å². The third-order valence-corrected chi connectivity index (χ3v) is 1.82. The van der Waals surface area contributed by atoms with Crippen molar-refractivity contribution >= 4 is 18.4 Å². The zero-order valence-electron chi connectivity index (χ0n) is 7.67. The predicted molar refractivity (Wildman–Crippen MR) is 57.1 cm³/mol. The van der Waals surface area contributed by atoms with Gasteiger partial charge >= 0.3 is 0 Å². The first-order chi connectivity index (χ1) is 6.65. The molecule has 0 saturated carbocycles. The fourth-order valence-corrected chi connectivity index (χ4v) is 1.09. The van der Waals surface area contributed by atoms with Crippen molar-refractivity contribution in [3.63, 3.8) is 0 Å². The third kappa shape index (κ3) is 2.61. The molecule has 0 N–H and O–H groups in total. The van der Waals surface area contributed by atoms with Crippen LogP contribution in [0, 0.1) is 17.7 Å². The summed E-state index contributed by atoms with van der Waals surface area (Å²) in [5, 5.41) is 0. The highest BCUT2D eigenvalue weighted by Gasteiger charge is 2.06. The maximum atomic E-state index is 13.1. The number of benzene rings is 1. The van der Waals surface area contributed by atoms with Gasteiger partial charge in [0, 0.05) is 5.56 Å². The standard InChI is InChI=1S/C11H9FOS/c1-8(13)10-7-9(3-2-6-14)4-5-11(10)12/h4-5,7,14H,6H2,1H3. The average Bonchev–Trinajstić information content (AvgIpc) is 2.16. The summed E-state index contributed by atoms with van der Waals surface area (Å²) < 4.78 is 13.1. The summed E-state index contributed by atoms with van der Waals surface area (Å²) in [7, 11) is 0. The van der Waals surface area contributed by atoms with Gasteiger partial charge in [0.25, 0.3) is 0 Å². The van der Waals surface area contributed by atoms with Gasteiger partial charge < -0.3 is 0 Å². The molecule has 0 atom stereocenters. The van der Waals surface area contributed by atoms with Gasteiger partial charge in [-0.2, -0.15) is 12.6 Å². The van der Waals surface area contributed by atoms with Crippen LogP contribution < -0.4 is 0 Å². The summed E-state index contributed by atoms with van der Waals surface area (Å²) in [5.41, 5.74) is 0.710. The summed E-state index contributed by atoms with van der Waals surface area (Å²) in [5.74, 6) is 5.14. The second kappa shape index (κ2) is 4.83. The molecule has 0 unspecified atom stereocenters. The molecular weight excluding hydrogens is 199 g/mol. The highest BCUT2D eigenvalue weighted by atomic mass is 32.1. The van der Waals surface area contributed by atoms with Crippen LogP contribution in [0.25, 0.3) is 0 Å². The summed E-state index contributed by atoms with van der Waals surface area (Å²) in [4.78, 5) is 11.0. The lowest BCUT2D eigenvalue weighted by Gasteiger charge is -1.98. The zero-order valence-corrected chi connectivity index (χ0v) is 8.57. The van der Waals surface area contributed by atoms with E-state index in [0.29, 0.717) is 11.3 Å². The predicted octanol–water partition coefficient (Wildman–Crippen LogP) is 2.31. The van der Waals surface area contributed by atoms with Crippen LogP contribution >= 0.6 is 12.6 Å². The first-order valence-corrected chi connectivity index (χ1v) is 4.68. The van der Waals surface area contributed by atoms with Gasteiger partial charge in [0.1, 0.15) is 5.82 Å². The Hall–Kier alpha value is -1.27. The summed E-state index contributed by atoms with van der Waals surface area (Å²) >= 11 is 3.92. The Bertz CT molecular complexity index is 415. The van der Waals surface area contributed by atoms with E-state index < -0.39 is 5.82 Å². The molecule has 0 amide bonds. The second-order valence-electron chi connectivity index (χ2n) is 2.71. The van der Waals surface area contributed by atoms with Crippen molar-refractivity contribution in [2.75, 3.05) is 5.75 Å². The van der Waals surface area contributed by atoms with E-state index in [1.165, 1.54) is 25.1 Å². The van der Waals surface area contributed by atoms with Crippen molar-refractivity contribution < 1.29 is 9.18 Å². The topological polar surface area (TPSA) is 17.1 Å². The number of halogens is 1. The molecule has 0 bridgehead atoms. The minimum absolute atomic E-state index is 0.0796. The molecule has 0 aliphatic rings. The summed E-state index contributed by atoms with van der Waals surface area (Å²) in [6.07, 6.45) is 0. The highest BCUT2D eigenvalue weighted by molar-refractivity contribution is 7.80. The van der Waals surface area contributed by atoms with Crippen LogP contribution in [0.3, 0.4) is 0 Å². The summed E-state index contributed by atoms with van der Waals surface area (Å²) in [6, 6.07) is 4.24. The molecule has 72 valence electrons. The van der Waals surface area contributed by atoms with Gasteiger partial charge in [0.2, 0.25) is 0 Å². The number of carbonyl (C=O) groups excluding carboxylic acids is 1. The lowest BCUT2D eigenvalue weighted by molar-refractivity contribution is 0.101. The van der Waals surface area contributed by atoms with E-state index >= 15 is 0 Å². The maximum absolute atomic E-state index is 13.1. The lowest BCUT2D eigenvalue weighted by Crippen LogP contribution is -1.97. The van der Waals surface area contributed by atoms with E-state index in [2.05, 4.69) is 24.5 Å². The molecule has 1 nitrogen and oxygen atoms in total. The SMILES string of the molecule is CC(=O)c1cc(C#CCS)ccc1F. The molecule has 1 rings (SSSR count). The number of ketones is 1. The number of hydrogen-bond acceptors (Lipinski definition) is 2. The van der Waals surface area contributed by atoms with Gasteiger partial charge in [-0.15, -0.1) is 0 Å². The van der Waals surface area contributed by atoms with Gasteiger partial charge in [-0.25, -0.2) is 4.39 Å². The molecule has 0 saturated heterocycles. The van der Waals surface area contributed by atoms with Gasteiger partial charge in [0.05, 0.1) is 11.3 Å². The Kier molecular flexibility index (Phi) is 3.73. The highest BCUT2D eigenvalue weighted by Crippen LogP contribution is 2.10. The number of hydrogen-bond donors (Lipinski definition) is 1. The number of Topliss-reactive ketones (excluding diaryl/α,β-unsaturated/α-hetero) is 1. The largest absolute Gasteiger partial charge is 0.294 e. The Labute approximate surface area is 87.7 Å². The number of rotatable bonds is 1. The Morgan fingerprint density at radius 1 is 1.57 bits per heavy atom. The average molecular weight is 208 g/mol. The molecule has 0 aromatic heterocycles. The van der Waals surface area contributed by atoms with Crippen molar-refractivity contribution in [1.82, 2.24) is 0 Å². The van der Waals surface area contributed by atoms with E-state index in [4.69, 9.17) is 0 Å². The molecule has 0 heterocycles. The van der Waals surface area contributed by atoms with Gasteiger partial charge in [-0.3, -0.25) is 4.79 Å². The monoisotopic (exact) mass is 208 g/mol. The van der Waals surface area contributed by atoms with E-state index in [9.17, 15) is 9.18 Å². The molecule has 0 fully saturated rings. The quantitative estimate of drug-likeness (QED) is 0.426. The van der Waals surface area contributed by atoms with Crippen molar-refractivity contribution in [1.29, 1.82) is 0 Å². The molecule has 3 heteroatoms. The Morgan fingerprint density at radius 3 is 2.86 bits per heavy atom. The lowest BCUT2D eigenvalue weighted by atomic mass is 10.1. The van der Waals surface area contributed by atoms with Gasteiger partial charge in [0.15, 0.2) is 5.78 Å². The molecule has 1 aromatic carbocycles. The van der Waals surface area contributed by atoms with E-state index in [1.807, 2.05) is 0 Å². The third-order valence-electron chi connectivity index (χ3n) is 1.66. The fraction of sp³-hybridized carbons (Fsp3) is 0.182. The number of thiol groups is 1. The molecular formula is C11H9FOS. The van der Waals surface area contributed by atoms with E-state index in [0.717, 1.165) is 0 Å². The van der Waals surface area contributed by atoms with Crippen molar-refractivity contribution in [3.8, 4) is 11.8 Å². The molecule has 0 aliphatic heterocycles. The minimum atomic E-state index is -0.506. The first kappa shape index (κ1) is 10.8. The molecule has 0 aliphatic carbocycles. The van der Waals surface area contributed by atoms with Crippen molar-refractivity contribution in [2.24, 2.45) is 0 Å². The molecule has 0 radical (unpaired) electrons. The van der Waals surface area contributed by atoms with Gasteiger partial charge in [-0.05, 0) is 25.1 Å². The first-order valence-electron chi connectivity index (χ1n) is 4.05. The van der Waals surface area contributed by atoms with Crippen LogP contribution in [0.4, 0.5) is 4.39 Å². The smallest absolute Gasteiger partial charge is 0.162 e. The Morgan fingerprint density at radius 2 is 2.29 bits per heavy atom. The fourth-order valence-electron chi connectivity index (χ4n) is 1.01. The van der Waals surface area contributed by atoms with Crippen LogP contribution in [0.2, 0.25) is 0 Å². The van der Waals surface area contributed by atoms with Crippen LogP contribution in [0.1, 0.15) is 22.8 Å². The van der Waals surface area contributed by atoms with Crippen molar-refractivity contribution in [3.05, 3.63) is 35.1 Å². The van der Waals surface area contributed by atoms with Crippen LogP contribution in [-0.2, 0) is 0 Å². The van der Waals surface area contributed by atoms with Gasteiger partial charge in [-0.1, -0.05) is 11.8 Å². The molecule has 1 aromatic rings. The maximum Gasteiger partial charge on any atom is 0.162 e. The minimum Gasteiger partial charge on any atom is -0.294 e.